The van der Waals surface area contributed by atoms with Crippen LogP contribution < -0.4 is 16.4 Å². The number of nitrogens with two attached hydrogens (primary N) is 1. The molecular formula is C16H25ClF3N5O. The molecule has 1 amide bonds. The van der Waals surface area contributed by atoms with Gasteiger partial charge in [0.15, 0.2) is 0 Å². The van der Waals surface area contributed by atoms with E-state index in [-0.39, 0.29) is 42.8 Å². The molecule has 1 aliphatic carbocycles. The highest BCUT2D eigenvalue weighted by atomic mass is 35.5. The van der Waals surface area contributed by atoms with Crippen LogP contribution in [-0.4, -0.2) is 35.5 Å². The van der Waals surface area contributed by atoms with E-state index in [0.717, 1.165) is 37.9 Å². The molecular weight excluding hydrogens is 371 g/mol. The van der Waals surface area contributed by atoms with Crippen molar-refractivity contribution in [1.82, 2.24) is 15.3 Å². The minimum Gasteiger partial charge on any atom is -0.354 e. The monoisotopic (exact) mass is 395 g/mol. The fraction of sp³-hybridized carbons (Fsp3) is 0.688. The SMILES string of the molecule is Cl.NCC1(CC(=O)NCCNc2nccc(C(F)(F)F)n2)CCCCC1. The number of carbonyl (C=O) groups excluding carboxylic acids is 1. The summed E-state index contributed by atoms with van der Waals surface area (Å²) in [6, 6.07) is 0.809. The molecule has 0 atom stereocenters. The third-order valence-electron chi connectivity index (χ3n) is 4.56. The van der Waals surface area contributed by atoms with Gasteiger partial charge in [-0.1, -0.05) is 19.3 Å². The van der Waals surface area contributed by atoms with Crippen LogP contribution >= 0.6 is 12.4 Å². The van der Waals surface area contributed by atoms with Gasteiger partial charge >= 0.3 is 6.18 Å². The van der Waals surface area contributed by atoms with Crippen LogP contribution in [0.25, 0.3) is 0 Å². The van der Waals surface area contributed by atoms with Crippen molar-refractivity contribution in [2.45, 2.75) is 44.7 Å². The molecule has 1 heterocycles. The molecule has 6 nitrogen and oxygen atoms in total. The largest absolute Gasteiger partial charge is 0.433 e. The van der Waals surface area contributed by atoms with E-state index < -0.39 is 11.9 Å². The van der Waals surface area contributed by atoms with E-state index in [1.54, 1.807) is 0 Å². The second-order valence-corrected chi connectivity index (χ2v) is 6.48. The van der Waals surface area contributed by atoms with Gasteiger partial charge in [-0.15, -0.1) is 12.4 Å². The summed E-state index contributed by atoms with van der Waals surface area (Å²) in [5.41, 5.74) is 4.75. The zero-order valence-electron chi connectivity index (χ0n) is 14.4. The van der Waals surface area contributed by atoms with Gasteiger partial charge in [0, 0.05) is 25.7 Å². The normalized spacial score (nSPS) is 16.5. The van der Waals surface area contributed by atoms with Crippen molar-refractivity contribution < 1.29 is 18.0 Å². The van der Waals surface area contributed by atoms with Gasteiger partial charge in [0.2, 0.25) is 11.9 Å². The second-order valence-electron chi connectivity index (χ2n) is 6.48. The summed E-state index contributed by atoms with van der Waals surface area (Å²) in [5, 5.41) is 5.45. The van der Waals surface area contributed by atoms with E-state index in [9.17, 15) is 18.0 Å². The molecule has 0 aliphatic heterocycles. The first kappa shape index (κ1) is 22.4. The summed E-state index contributed by atoms with van der Waals surface area (Å²) >= 11 is 0. The van der Waals surface area contributed by atoms with Gasteiger partial charge < -0.3 is 16.4 Å². The van der Waals surface area contributed by atoms with E-state index in [1.165, 1.54) is 6.42 Å². The predicted molar refractivity (Wildman–Crippen MR) is 95.0 cm³/mol. The van der Waals surface area contributed by atoms with Crippen molar-refractivity contribution in [2.24, 2.45) is 11.1 Å². The van der Waals surface area contributed by atoms with Crippen LogP contribution in [0.2, 0.25) is 0 Å². The maximum Gasteiger partial charge on any atom is 0.433 e. The van der Waals surface area contributed by atoms with Crippen molar-refractivity contribution >= 4 is 24.3 Å². The van der Waals surface area contributed by atoms with E-state index in [4.69, 9.17) is 5.73 Å². The topological polar surface area (TPSA) is 92.9 Å². The van der Waals surface area contributed by atoms with Gasteiger partial charge in [-0.2, -0.15) is 13.2 Å². The Morgan fingerprint density at radius 1 is 1.23 bits per heavy atom. The molecule has 26 heavy (non-hydrogen) atoms. The molecule has 1 aromatic rings. The number of hydrogen-bond donors (Lipinski definition) is 3. The highest BCUT2D eigenvalue weighted by Gasteiger charge is 2.33. The van der Waals surface area contributed by atoms with Crippen molar-refractivity contribution in [3.05, 3.63) is 18.0 Å². The number of rotatable bonds is 7. The highest BCUT2D eigenvalue weighted by molar-refractivity contribution is 5.85. The lowest BCUT2D eigenvalue weighted by molar-refractivity contribution is -0.141. The minimum atomic E-state index is -4.51. The first-order valence-corrected chi connectivity index (χ1v) is 8.46. The number of hydrogen-bond acceptors (Lipinski definition) is 5. The molecule has 0 saturated heterocycles. The molecule has 1 saturated carbocycles. The Morgan fingerprint density at radius 3 is 2.54 bits per heavy atom. The summed E-state index contributed by atoms with van der Waals surface area (Å²) in [7, 11) is 0. The van der Waals surface area contributed by atoms with Gasteiger partial charge in [-0.3, -0.25) is 4.79 Å². The molecule has 10 heteroatoms. The molecule has 148 valence electrons. The zero-order chi connectivity index (χ0) is 18.3. The first-order valence-electron chi connectivity index (χ1n) is 8.46. The summed E-state index contributed by atoms with van der Waals surface area (Å²) in [5.74, 6) is -0.200. The first-order chi connectivity index (χ1) is 11.8. The third-order valence-corrected chi connectivity index (χ3v) is 4.56. The van der Waals surface area contributed by atoms with Crippen LogP contribution in [0, 0.1) is 5.41 Å². The Morgan fingerprint density at radius 2 is 1.92 bits per heavy atom. The average molecular weight is 396 g/mol. The molecule has 0 radical (unpaired) electrons. The Labute approximate surface area is 156 Å². The quantitative estimate of drug-likeness (QED) is 0.617. The van der Waals surface area contributed by atoms with E-state index in [1.807, 2.05) is 0 Å². The third kappa shape index (κ3) is 6.60. The Kier molecular flexibility index (Phi) is 8.55. The number of nitrogens with one attached hydrogen (secondary N) is 2. The molecule has 1 aromatic heterocycles. The van der Waals surface area contributed by atoms with Crippen LogP contribution in [0.15, 0.2) is 12.3 Å². The molecule has 0 spiro atoms. The van der Waals surface area contributed by atoms with Crippen LogP contribution in [0.3, 0.4) is 0 Å². The number of anilines is 1. The Hall–Kier alpha value is -1.61. The molecule has 0 bridgehead atoms. The second kappa shape index (κ2) is 9.91. The lowest BCUT2D eigenvalue weighted by atomic mass is 9.71. The molecule has 4 N–H and O–H groups in total. The minimum absolute atomic E-state index is 0. The van der Waals surface area contributed by atoms with Crippen molar-refractivity contribution in [3.8, 4) is 0 Å². The Balaban J connectivity index is 0.00000338. The van der Waals surface area contributed by atoms with E-state index in [2.05, 4.69) is 20.6 Å². The lowest BCUT2D eigenvalue weighted by Gasteiger charge is -2.35. The summed E-state index contributed by atoms with van der Waals surface area (Å²) in [6.07, 6.45) is 2.24. The maximum atomic E-state index is 12.6. The molecule has 0 aromatic carbocycles. The van der Waals surface area contributed by atoms with Gasteiger partial charge in [0.25, 0.3) is 0 Å². The average Bonchev–Trinajstić information content (AvgIpc) is 2.59. The smallest absolute Gasteiger partial charge is 0.354 e. The summed E-state index contributed by atoms with van der Waals surface area (Å²) in [6.45, 7) is 1.01. The van der Waals surface area contributed by atoms with Crippen molar-refractivity contribution in [1.29, 1.82) is 0 Å². The lowest BCUT2D eigenvalue weighted by Crippen LogP contribution is -2.39. The molecule has 2 rings (SSSR count). The van der Waals surface area contributed by atoms with Gasteiger partial charge in [-0.25, -0.2) is 9.97 Å². The number of halogens is 4. The summed E-state index contributed by atoms with van der Waals surface area (Å²) < 4.78 is 37.7. The fourth-order valence-electron chi connectivity index (χ4n) is 3.14. The zero-order valence-corrected chi connectivity index (χ0v) is 15.3. The standard InChI is InChI=1S/C16H24F3N5O.ClH/c17-16(18,19)12-4-7-22-14(24-12)23-9-8-21-13(25)10-15(11-20)5-2-1-3-6-15;/h4,7H,1-3,5-6,8-11,20H2,(H,21,25)(H,22,23,24);1H. The van der Waals surface area contributed by atoms with Gasteiger partial charge in [-0.05, 0) is 30.9 Å². The summed E-state index contributed by atoms with van der Waals surface area (Å²) in [4.78, 5) is 19.2. The van der Waals surface area contributed by atoms with Crippen LogP contribution in [0.4, 0.5) is 19.1 Å². The Bertz CT molecular complexity index is 579. The van der Waals surface area contributed by atoms with Gasteiger partial charge in [0.05, 0.1) is 0 Å². The van der Waals surface area contributed by atoms with Crippen LogP contribution in [0.1, 0.15) is 44.2 Å². The fourth-order valence-corrected chi connectivity index (χ4v) is 3.14. The van der Waals surface area contributed by atoms with Gasteiger partial charge in [0.1, 0.15) is 5.69 Å². The van der Waals surface area contributed by atoms with Crippen LogP contribution in [-0.2, 0) is 11.0 Å². The molecule has 1 aliphatic rings. The number of nitrogens with zero attached hydrogens (tertiary/aromatic N) is 2. The predicted octanol–water partition coefficient (Wildman–Crippen LogP) is 2.74. The van der Waals surface area contributed by atoms with Crippen LogP contribution in [0.5, 0.6) is 0 Å². The molecule has 0 unspecified atom stereocenters. The van der Waals surface area contributed by atoms with E-state index >= 15 is 0 Å². The number of amides is 1. The maximum absolute atomic E-state index is 12.6. The number of carbonyl (C=O) groups is 1. The number of aromatic nitrogens is 2. The highest BCUT2D eigenvalue weighted by Crippen LogP contribution is 2.38. The number of alkyl halides is 3. The van der Waals surface area contributed by atoms with Crippen molar-refractivity contribution in [3.63, 3.8) is 0 Å². The van der Waals surface area contributed by atoms with Crippen molar-refractivity contribution in [2.75, 3.05) is 25.0 Å². The molecule has 1 fully saturated rings. The van der Waals surface area contributed by atoms with E-state index in [0.29, 0.717) is 13.0 Å².